The summed E-state index contributed by atoms with van der Waals surface area (Å²) in [6.45, 7) is 2.44. The monoisotopic (exact) mass is 682 g/mol. The van der Waals surface area contributed by atoms with Crippen molar-refractivity contribution in [1.29, 1.82) is 0 Å². The quantitative estimate of drug-likeness (QED) is 0.0998. The summed E-state index contributed by atoms with van der Waals surface area (Å²) in [6, 6.07) is 10.2. The molecule has 3 rings (SSSR count). The molecule has 0 atom stereocenters. The van der Waals surface area contributed by atoms with Gasteiger partial charge in [-0.15, -0.1) is 0 Å². The molecule has 0 saturated heterocycles. The summed E-state index contributed by atoms with van der Waals surface area (Å²) in [5.41, 5.74) is 1.16. The van der Waals surface area contributed by atoms with Crippen LogP contribution in [0.4, 0.5) is 0 Å². The van der Waals surface area contributed by atoms with Crippen LogP contribution in [0.15, 0.2) is 52.3 Å². The molecular weight excluding hydrogens is 639 g/mol. The van der Waals surface area contributed by atoms with Gasteiger partial charge in [-0.1, -0.05) is 115 Å². The number of aryl methyl sites for hydroxylation is 1. The fourth-order valence-electron chi connectivity index (χ4n) is 5.37. The number of benzene rings is 2. The van der Waals surface area contributed by atoms with E-state index in [0.29, 0.717) is 23.3 Å². The molecule has 12 heteroatoms. The van der Waals surface area contributed by atoms with Gasteiger partial charge in [0.15, 0.2) is 0 Å². The normalized spacial score (nSPS) is 11.8. The first-order chi connectivity index (χ1) is 19.6. The molecule has 2 aromatic carbocycles. The minimum atomic E-state index is -4.73. The van der Waals surface area contributed by atoms with Crippen LogP contribution in [0.25, 0.3) is 11.0 Å². The minimum Gasteiger partial charge on any atom is -0.744 e. The Hall–Kier alpha value is 1.00. The Morgan fingerprint density at radius 1 is 0.674 bits per heavy atom. The molecule has 0 N–H and O–H groups in total. The summed E-state index contributed by atoms with van der Waals surface area (Å²) in [6.07, 6.45) is 19.4. The van der Waals surface area contributed by atoms with E-state index in [-0.39, 0.29) is 125 Å². The van der Waals surface area contributed by atoms with Crippen molar-refractivity contribution in [3.8, 4) is 0 Å². The van der Waals surface area contributed by atoms with Crippen LogP contribution < -0.4 is 103 Å². The van der Waals surface area contributed by atoms with E-state index < -0.39 is 20.2 Å². The largest absolute Gasteiger partial charge is 1.00 e. The van der Waals surface area contributed by atoms with E-state index >= 15 is 0 Å². The van der Waals surface area contributed by atoms with Crippen molar-refractivity contribution in [2.45, 2.75) is 126 Å². The topological polar surface area (TPSA) is 132 Å². The number of rotatable bonds is 20. The second-order valence-electron chi connectivity index (χ2n) is 11.0. The van der Waals surface area contributed by atoms with Crippen LogP contribution >= 0.6 is 0 Å². The maximum Gasteiger partial charge on any atom is 1.00 e. The molecule has 0 aliphatic rings. The van der Waals surface area contributed by atoms with Gasteiger partial charge in [0.2, 0.25) is 0 Å². The molecule has 0 aliphatic heterocycles. The van der Waals surface area contributed by atoms with E-state index in [9.17, 15) is 25.9 Å². The number of para-hydroxylation sites is 1. The smallest absolute Gasteiger partial charge is 0.744 e. The Labute approximate surface area is 343 Å². The Morgan fingerprint density at radius 3 is 1.70 bits per heavy atom. The SMILES string of the molecule is CCCCCCCCCCCCCCCCCc1nc2c(S(=O)(=O)[O-])cccc2n1Cc1cccc(S(=O)(=O)[O-])c1.[K+].[K+]. The van der Waals surface area contributed by atoms with E-state index in [1.165, 1.54) is 107 Å². The third kappa shape index (κ3) is 14.8. The maximum atomic E-state index is 11.9. The second kappa shape index (κ2) is 21.8. The first-order valence-electron chi connectivity index (χ1n) is 15.1. The predicted molar refractivity (Wildman–Crippen MR) is 160 cm³/mol. The standard InChI is InChI=1S/C31H46N2O6S2.2K/c1-2-3-4-5-6-7-8-9-10-11-12-13-14-15-16-23-30-32-31-28(21-18-22-29(31)41(37,38)39)33(30)25-26-19-17-20-27(24-26)40(34,35)36;;/h17-22,24H,2-16,23,25H2,1H3,(H,34,35,36)(H,37,38,39);;/q;2*+1/p-2. The van der Waals surface area contributed by atoms with Crippen molar-refractivity contribution in [3.63, 3.8) is 0 Å². The van der Waals surface area contributed by atoms with Gasteiger partial charge in [-0.05, 0) is 36.2 Å². The second-order valence-corrected chi connectivity index (χ2v) is 13.7. The summed E-state index contributed by atoms with van der Waals surface area (Å²) >= 11 is 0. The number of hydrogen-bond acceptors (Lipinski definition) is 7. The number of unbranched alkanes of at least 4 members (excludes halogenated alkanes) is 14. The number of imidazole rings is 1. The van der Waals surface area contributed by atoms with Gasteiger partial charge in [0.25, 0.3) is 0 Å². The van der Waals surface area contributed by atoms with Gasteiger partial charge < -0.3 is 13.7 Å². The van der Waals surface area contributed by atoms with E-state index in [1.807, 2.05) is 4.57 Å². The van der Waals surface area contributed by atoms with Crippen LogP contribution in [-0.4, -0.2) is 35.5 Å². The first kappa shape index (κ1) is 42.0. The zero-order chi connectivity index (χ0) is 29.7. The van der Waals surface area contributed by atoms with Gasteiger partial charge in [0, 0.05) is 13.0 Å². The van der Waals surface area contributed by atoms with Crippen molar-refractivity contribution in [2.24, 2.45) is 0 Å². The molecule has 228 valence electrons. The van der Waals surface area contributed by atoms with Gasteiger partial charge in [-0.3, -0.25) is 0 Å². The van der Waals surface area contributed by atoms with E-state index in [0.717, 1.165) is 19.3 Å². The number of hydrogen-bond donors (Lipinski definition) is 0. The van der Waals surface area contributed by atoms with Crippen molar-refractivity contribution in [1.82, 2.24) is 9.55 Å². The van der Waals surface area contributed by atoms with Crippen LogP contribution in [0, 0.1) is 0 Å². The van der Waals surface area contributed by atoms with Crippen molar-refractivity contribution < 1.29 is 129 Å². The average molecular weight is 683 g/mol. The molecule has 0 radical (unpaired) electrons. The van der Waals surface area contributed by atoms with Crippen LogP contribution in [0.2, 0.25) is 0 Å². The zero-order valence-electron chi connectivity index (χ0n) is 26.2. The number of fused-ring (bicyclic) bond motifs is 1. The Morgan fingerprint density at radius 2 is 1.19 bits per heavy atom. The molecule has 0 bridgehead atoms. The molecule has 0 amide bonds. The minimum absolute atomic E-state index is 0. The molecule has 0 saturated carbocycles. The Balaban J connectivity index is 0.00000462. The predicted octanol–water partition coefficient (Wildman–Crippen LogP) is 1.31. The fourth-order valence-corrected chi connectivity index (χ4v) is 6.55. The molecule has 0 spiro atoms. The summed E-state index contributed by atoms with van der Waals surface area (Å²) < 4.78 is 72.0. The first-order valence-corrected chi connectivity index (χ1v) is 17.9. The van der Waals surface area contributed by atoms with E-state index in [1.54, 1.807) is 12.1 Å². The third-order valence-corrected chi connectivity index (χ3v) is 9.32. The van der Waals surface area contributed by atoms with Crippen LogP contribution in [0.5, 0.6) is 0 Å². The van der Waals surface area contributed by atoms with Gasteiger partial charge in [-0.2, -0.15) is 0 Å². The zero-order valence-corrected chi connectivity index (χ0v) is 34.1. The van der Waals surface area contributed by atoms with E-state index in [4.69, 9.17) is 0 Å². The molecule has 3 aromatic rings. The van der Waals surface area contributed by atoms with Crippen LogP contribution in [-0.2, 0) is 33.2 Å². The molecule has 0 unspecified atom stereocenters. The summed E-state index contributed by atoms with van der Waals surface area (Å²) in [4.78, 5) is 3.85. The molecule has 8 nitrogen and oxygen atoms in total. The van der Waals surface area contributed by atoms with Crippen molar-refractivity contribution in [3.05, 3.63) is 53.9 Å². The van der Waals surface area contributed by atoms with Crippen LogP contribution in [0.1, 0.15) is 115 Å². The summed E-state index contributed by atoms with van der Waals surface area (Å²) in [7, 11) is -9.35. The van der Waals surface area contributed by atoms with Gasteiger partial charge in [-0.25, -0.2) is 21.8 Å². The fraction of sp³-hybridized carbons (Fsp3) is 0.581. The number of aromatic nitrogens is 2. The van der Waals surface area contributed by atoms with Gasteiger partial charge >= 0.3 is 103 Å². The van der Waals surface area contributed by atoms with E-state index in [2.05, 4.69) is 11.9 Å². The van der Waals surface area contributed by atoms with Crippen LogP contribution in [0.3, 0.4) is 0 Å². The Kier molecular flexibility index (Phi) is 21.3. The number of nitrogens with zero attached hydrogens (tertiary/aromatic N) is 2. The summed E-state index contributed by atoms with van der Waals surface area (Å²) in [5, 5.41) is 0. The molecule has 0 aliphatic carbocycles. The van der Waals surface area contributed by atoms with Gasteiger partial charge in [0.05, 0.1) is 15.3 Å². The van der Waals surface area contributed by atoms with Crippen molar-refractivity contribution >= 4 is 31.3 Å². The molecular formula is C31H44K2N2O6S2. The molecule has 1 aromatic heterocycles. The maximum absolute atomic E-state index is 11.9. The Bertz CT molecular complexity index is 1460. The summed E-state index contributed by atoms with van der Waals surface area (Å²) in [5.74, 6) is 0.626. The molecule has 0 fully saturated rings. The average Bonchev–Trinajstić information content (AvgIpc) is 3.27. The molecule has 43 heavy (non-hydrogen) atoms. The van der Waals surface area contributed by atoms with Gasteiger partial charge in [0.1, 0.15) is 31.6 Å². The third-order valence-electron chi connectivity index (χ3n) is 7.62. The van der Waals surface area contributed by atoms with Crippen molar-refractivity contribution in [2.75, 3.05) is 0 Å². The molecule has 1 heterocycles.